The molecule has 0 aliphatic rings. The fourth-order valence-electron chi connectivity index (χ4n) is 1.39. The first kappa shape index (κ1) is 17.4. The van der Waals surface area contributed by atoms with Gasteiger partial charge in [0.1, 0.15) is 0 Å². The lowest BCUT2D eigenvalue weighted by Crippen LogP contribution is -2.27. The normalized spacial score (nSPS) is 11.9. The minimum absolute atomic E-state index is 0.260. The molecule has 0 heterocycles. The third-order valence-corrected chi connectivity index (χ3v) is 2.61. The van der Waals surface area contributed by atoms with Gasteiger partial charge in [-0.15, -0.1) is 0 Å². The highest BCUT2D eigenvalue weighted by Crippen LogP contribution is 2.11. The topological polar surface area (TPSA) is 52.6 Å². The molecule has 19 heavy (non-hydrogen) atoms. The van der Waals surface area contributed by atoms with E-state index in [1.165, 1.54) is 5.57 Å². The molecule has 0 spiro atoms. The van der Waals surface area contributed by atoms with Crippen LogP contribution in [0.5, 0.6) is 0 Å². The molecule has 0 aliphatic carbocycles. The summed E-state index contributed by atoms with van der Waals surface area (Å²) in [4.78, 5) is 23.4. The molecule has 0 aliphatic heterocycles. The molecule has 0 radical (unpaired) electrons. The number of carbonyl (C=O) groups is 2. The second-order valence-corrected chi connectivity index (χ2v) is 4.10. The van der Waals surface area contributed by atoms with E-state index >= 15 is 0 Å². The zero-order valence-corrected chi connectivity index (χ0v) is 12.3. The van der Waals surface area contributed by atoms with Gasteiger partial charge in [0.25, 0.3) is 0 Å². The first-order chi connectivity index (χ1) is 9.06. The van der Waals surface area contributed by atoms with Crippen molar-refractivity contribution in [3.63, 3.8) is 0 Å². The van der Waals surface area contributed by atoms with Gasteiger partial charge in [0.05, 0.1) is 13.2 Å². The van der Waals surface area contributed by atoms with Crippen LogP contribution in [0.25, 0.3) is 0 Å². The fraction of sp³-hybridized carbons (Fsp3) is 0.600. The van der Waals surface area contributed by atoms with E-state index < -0.39 is 17.9 Å². The molecule has 0 amide bonds. The third kappa shape index (κ3) is 7.44. The van der Waals surface area contributed by atoms with Crippen LogP contribution in [-0.4, -0.2) is 25.2 Å². The molecule has 108 valence electrons. The van der Waals surface area contributed by atoms with Crippen molar-refractivity contribution in [1.29, 1.82) is 0 Å². The average Bonchev–Trinajstić information content (AvgIpc) is 2.38. The van der Waals surface area contributed by atoms with Crippen molar-refractivity contribution in [2.45, 2.75) is 40.5 Å². The van der Waals surface area contributed by atoms with Crippen molar-refractivity contribution in [3.05, 3.63) is 23.8 Å². The van der Waals surface area contributed by atoms with E-state index in [2.05, 4.69) is 0 Å². The number of rotatable bonds is 8. The number of hydrogen-bond donors (Lipinski definition) is 0. The highest BCUT2D eigenvalue weighted by atomic mass is 16.6. The van der Waals surface area contributed by atoms with E-state index in [0.29, 0.717) is 6.42 Å². The monoisotopic (exact) mass is 268 g/mol. The molecule has 4 heteroatoms. The molecular weight excluding hydrogens is 244 g/mol. The minimum Gasteiger partial charge on any atom is -0.465 e. The average molecular weight is 268 g/mol. The van der Waals surface area contributed by atoms with E-state index in [1.54, 1.807) is 13.8 Å². The van der Waals surface area contributed by atoms with Crippen LogP contribution < -0.4 is 0 Å². The molecule has 0 aromatic heterocycles. The molecule has 0 fully saturated rings. The quantitative estimate of drug-likeness (QED) is 0.386. The Morgan fingerprint density at radius 3 is 2.00 bits per heavy atom. The highest BCUT2D eigenvalue weighted by Gasteiger charge is 2.27. The standard InChI is InChI=1S/C15H24O4/c1-5-12(4)10-8-9-11-13(14(16)18-6-2)15(17)19-7-3/h5,8-9,13H,6-7,10-11H2,1-4H3/b9-8+,12-5-. The van der Waals surface area contributed by atoms with Crippen LogP contribution >= 0.6 is 0 Å². The predicted molar refractivity (Wildman–Crippen MR) is 74.6 cm³/mol. The highest BCUT2D eigenvalue weighted by molar-refractivity contribution is 5.95. The van der Waals surface area contributed by atoms with E-state index in [-0.39, 0.29) is 13.2 Å². The van der Waals surface area contributed by atoms with Crippen LogP contribution in [0.2, 0.25) is 0 Å². The largest absolute Gasteiger partial charge is 0.465 e. The molecule has 0 atom stereocenters. The van der Waals surface area contributed by atoms with Crippen LogP contribution in [0.4, 0.5) is 0 Å². The summed E-state index contributed by atoms with van der Waals surface area (Å²) in [6.07, 6.45) is 6.92. The summed E-state index contributed by atoms with van der Waals surface area (Å²) in [5.74, 6) is -1.90. The van der Waals surface area contributed by atoms with Gasteiger partial charge >= 0.3 is 11.9 Å². The van der Waals surface area contributed by atoms with Gasteiger partial charge in [0.15, 0.2) is 5.92 Å². The first-order valence-corrected chi connectivity index (χ1v) is 6.66. The van der Waals surface area contributed by atoms with E-state index in [4.69, 9.17) is 9.47 Å². The summed E-state index contributed by atoms with van der Waals surface area (Å²) in [7, 11) is 0. The minimum atomic E-state index is -0.859. The smallest absolute Gasteiger partial charge is 0.320 e. The number of hydrogen-bond acceptors (Lipinski definition) is 4. The number of ether oxygens (including phenoxy) is 2. The SMILES string of the molecule is C/C=C(/C)C/C=C/CC(C(=O)OCC)C(=O)OCC. The Bertz CT molecular complexity index is 324. The molecule has 0 aromatic carbocycles. The predicted octanol–water partition coefficient (Wildman–Crippen LogP) is 3.03. The molecule has 0 unspecified atom stereocenters. The van der Waals surface area contributed by atoms with Gasteiger partial charge in [0, 0.05) is 0 Å². The summed E-state index contributed by atoms with van der Waals surface area (Å²) in [5.41, 5.74) is 1.24. The second kappa shape index (κ2) is 10.4. The van der Waals surface area contributed by atoms with Gasteiger partial charge in [-0.25, -0.2) is 0 Å². The first-order valence-electron chi connectivity index (χ1n) is 6.66. The molecule has 0 bridgehead atoms. The lowest BCUT2D eigenvalue weighted by molar-refractivity contribution is -0.161. The summed E-state index contributed by atoms with van der Waals surface area (Å²) in [6, 6.07) is 0. The van der Waals surface area contributed by atoms with Gasteiger partial charge < -0.3 is 9.47 Å². The fourth-order valence-corrected chi connectivity index (χ4v) is 1.39. The Kier molecular flexibility index (Phi) is 9.49. The second-order valence-electron chi connectivity index (χ2n) is 4.10. The van der Waals surface area contributed by atoms with Crippen LogP contribution in [0, 0.1) is 5.92 Å². The van der Waals surface area contributed by atoms with Crippen molar-refractivity contribution >= 4 is 11.9 Å². The van der Waals surface area contributed by atoms with Gasteiger partial charge in [-0.05, 0) is 40.5 Å². The van der Waals surface area contributed by atoms with Gasteiger partial charge in [0.2, 0.25) is 0 Å². The number of carbonyl (C=O) groups excluding carboxylic acids is 2. The Hall–Kier alpha value is -1.58. The van der Waals surface area contributed by atoms with E-state index in [0.717, 1.165) is 6.42 Å². The van der Waals surface area contributed by atoms with Crippen molar-refractivity contribution in [3.8, 4) is 0 Å². The van der Waals surface area contributed by atoms with Crippen molar-refractivity contribution in [2.24, 2.45) is 5.92 Å². The molecule has 0 rings (SSSR count). The summed E-state index contributed by atoms with van der Waals surface area (Å²) >= 11 is 0. The molecule has 0 N–H and O–H groups in total. The van der Waals surface area contributed by atoms with Gasteiger partial charge in [-0.2, -0.15) is 0 Å². The lowest BCUT2D eigenvalue weighted by atomic mass is 10.0. The number of allylic oxidation sites excluding steroid dienone is 4. The van der Waals surface area contributed by atoms with Crippen LogP contribution in [0.3, 0.4) is 0 Å². The summed E-state index contributed by atoms with van der Waals surface area (Å²) in [5, 5.41) is 0. The Morgan fingerprint density at radius 2 is 1.58 bits per heavy atom. The van der Waals surface area contributed by atoms with E-state index in [9.17, 15) is 9.59 Å². The molecule has 0 aromatic rings. The van der Waals surface area contributed by atoms with Gasteiger partial charge in [-0.3, -0.25) is 9.59 Å². The Morgan fingerprint density at radius 1 is 1.05 bits per heavy atom. The summed E-state index contributed by atoms with van der Waals surface area (Å²) < 4.78 is 9.77. The lowest BCUT2D eigenvalue weighted by Gasteiger charge is -2.12. The van der Waals surface area contributed by atoms with E-state index in [1.807, 2.05) is 32.1 Å². The van der Waals surface area contributed by atoms with Crippen LogP contribution in [-0.2, 0) is 19.1 Å². The number of esters is 2. The van der Waals surface area contributed by atoms with Gasteiger partial charge in [-0.1, -0.05) is 23.8 Å². The third-order valence-electron chi connectivity index (χ3n) is 2.61. The van der Waals surface area contributed by atoms with Crippen molar-refractivity contribution in [2.75, 3.05) is 13.2 Å². The summed E-state index contributed by atoms with van der Waals surface area (Å²) in [6.45, 7) is 7.95. The Labute approximate surface area is 115 Å². The maximum atomic E-state index is 11.7. The van der Waals surface area contributed by atoms with Crippen LogP contribution in [0.15, 0.2) is 23.8 Å². The van der Waals surface area contributed by atoms with Crippen LogP contribution in [0.1, 0.15) is 40.5 Å². The zero-order chi connectivity index (χ0) is 14.7. The maximum Gasteiger partial charge on any atom is 0.320 e. The molecule has 0 saturated heterocycles. The van der Waals surface area contributed by atoms with Crippen molar-refractivity contribution < 1.29 is 19.1 Å². The molecular formula is C15H24O4. The zero-order valence-electron chi connectivity index (χ0n) is 12.3. The molecule has 4 nitrogen and oxygen atoms in total. The maximum absolute atomic E-state index is 11.7. The molecule has 0 saturated carbocycles. The van der Waals surface area contributed by atoms with Crippen molar-refractivity contribution in [1.82, 2.24) is 0 Å². The Balaban J connectivity index is 4.50.